The third kappa shape index (κ3) is 4.42. The smallest absolute Gasteiger partial charge is 0.153 e. The Kier molecular flexibility index (Phi) is 6.36. The number of carbonyl (C=O) groups is 1. The van der Waals surface area contributed by atoms with E-state index in [4.69, 9.17) is 0 Å². The highest BCUT2D eigenvalue weighted by Gasteiger charge is 2.20. The van der Waals surface area contributed by atoms with E-state index in [0.717, 1.165) is 39.0 Å². The van der Waals surface area contributed by atoms with Crippen molar-refractivity contribution in [2.45, 2.75) is 0 Å². The standard InChI is InChI=1S/C33H24O2/c34-23-27-19-12-22-30(33(27)35)28-20-10-11-21-29(28)32(26-17-8-3-9-18-26)31(24-13-4-1-5-14-24)25-15-6-2-7-16-25/h1-23,35H. The minimum absolute atomic E-state index is 0.0108. The monoisotopic (exact) mass is 452 g/mol. The summed E-state index contributed by atoms with van der Waals surface area (Å²) in [6.45, 7) is 0. The predicted octanol–water partition coefficient (Wildman–Crippen LogP) is 7.88. The number of rotatable bonds is 6. The maximum absolute atomic E-state index is 11.6. The molecule has 0 unspecified atom stereocenters. The number of phenolic OH excluding ortho intramolecular Hbond substituents is 1. The summed E-state index contributed by atoms with van der Waals surface area (Å²) >= 11 is 0. The van der Waals surface area contributed by atoms with Crippen molar-refractivity contribution < 1.29 is 9.90 Å². The maximum atomic E-state index is 11.6. The topological polar surface area (TPSA) is 37.3 Å². The van der Waals surface area contributed by atoms with Gasteiger partial charge in [-0.15, -0.1) is 0 Å². The zero-order valence-electron chi connectivity index (χ0n) is 19.1. The molecule has 0 saturated carbocycles. The Hall–Kier alpha value is -4.69. The van der Waals surface area contributed by atoms with Gasteiger partial charge in [0.1, 0.15) is 5.75 Å². The molecular formula is C33H24O2. The quantitative estimate of drug-likeness (QED) is 0.210. The highest BCUT2D eigenvalue weighted by atomic mass is 16.3. The zero-order chi connectivity index (χ0) is 24.0. The molecule has 0 radical (unpaired) electrons. The van der Waals surface area contributed by atoms with Crippen LogP contribution in [-0.4, -0.2) is 11.4 Å². The van der Waals surface area contributed by atoms with Gasteiger partial charge in [-0.3, -0.25) is 4.79 Å². The minimum Gasteiger partial charge on any atom is -0.507 e. The van der Waals surface area contributed by atoms with Crippen molar-refractivity contribution in [1.29, 1.82) is 0 Å². The summed E-state index contributed by atoms with van der Waals surface area (Å²) in [6, 6.07) is 44.4. The fraction of sp³-hybridized carbons (Fsp3) is 0. The van der Waals surface area contributed by atoms with Gasteiger partial charge in [0.25, 0.3) is 0 Å². The fourth-order valence-corrected chi connectivity index (χ4v) is 4.51. The van der Waals surface area contributed by atoms with Crippen LogP contribution in [0.1, 0.15) is 32.6 Å². The Morgan fingerprint density at radius 2 is 0.943 bits per heavy atom. The number of benzene rings is 5. The second-order valence-electron chi connectivity index (χ2n) is 8.25. The van der Waals surface area contributed by atoms with E-state index in [1.165, 1.54) is 0 Å². The summed E-state index contributed by atoms with van der Waals surface area (Å²) in [5.41, 5.74) is 8.13. The van der Waals surface area contributed by atoms with Crippen LogP contribution in [0, 0.1) is 0 Å². The molecule has 0 bridgehead atoms. The first-order valence-electron chi connectivity index (χ1n) is 11.6. The first-order valence-corrected chi connectivity index (χ1v) is 11.6. The normalized spacial score (nSPS) is 10.5. The molecule has 0 aliphatic rings. The lowest BCUT2D eigenvalue weighted by atomic mass is 9.82. The molecule has 0 heterocycles. The van der Waals surface area contributed by atoms with Crippen molar-refractivity contribution >= 4 is 17.4 Å². The summed E-state index contributed by atoms with van der Waals surface area (Å²) in [5.74, 6) is -0.0108. The van der Waals surface area contributed by atoms with Crippen molar-refractivity contribution in [3.63, 3.8) is 0 Å². The summed E-state index contributed by atoms with van der Waals surface area (Å²) in [5, 5.41) is 10.9. The number of aromatic hydroxyl groups is 1. The lowest BCUT2D eigenvalue weighted by molar-refractivity contribution is 0.112. The van der Waals surface area contributed by atoms with Gasteiger partial charge < -0.3 is 5.11 Å². The van der Waals surface area contributed by atoms with Crippen molar-refractivity contribution in [2.75, 3.05) is 0 Å². The SMILES string of the molecule is O=Cc1cccc(-c2ccccc2C(=C(c2ccccc2)c2ccccc2)c2ccccc2)c1O. The Morgan fingerprint density at radius 1 is 0.486 bits per heavy atom. The van der Waals surface area contributed by atoms with E-state index < -0.39 is 0 Å². The molecule has 2 heteroatoms. The molecule has 35 heavy (non-hydrogen) atoms. The average Bonchev–Trinajstić information content (AvgIpc) is 2.93. The van der Waals surface area contributed by atoms with Crippen LogP contribution < -0.4 is 0 Å². The van der Waals surface area contributed by atoms with Gasteiger partial charge in [-0.25, -0.2) is 0 Å². The third-order valence-corrected chi connectivity index (χ3v) is 6.12. The molecular weight excluding hydrogens is 428 g/mol. The Balaban J connectivity index is 1.91. The van der Waals surface area contributed by atoms with Gasteiger partial charge in [-0.1, -0.05) is 127 Å². The van der Waals surface area contributed by atoms with Crippen molar-refractivity contribution in [3.8, 4) is 16.9 Å². The van der Waals surface area contributed by atoms with E-state index in [0.29, 0.717) is 11.8 Å². The van der Waals surface area contributed by atoms with E-state index in [-0.39, 0.29) is 11.3 Å². The molecule has 0 aromatic heterocycles. The molecule has 5 rings (SSSR count). The second-order valence-corrected chi connectivity index (χ2v) is 8.25. The summed E-state index contributed by atoms with van der Waals surface area (Å²) < 4.78 is 0. The van der Waals surface area contributed by atoms with E-state index in [1.54, 1.807) is 12.1 Å². The van der Waals surface area contributed by atoms with Crippen LogP contribution in [-0.2, 0) is 0 Å². The molecule has 2 nitrogen and oxygen atoms in total. The van der Waals surface area contributed by atoms with E-state index in [2.05, 4.69) is 42.5 Å². The van der Waals surface area contributed by atoms with Gasteiger partial charge in [0.2, 0.25) is 0 Å². The molecule has 1 N–H and O–H groups in total. The van der Waals surface area contributed by atoms with Gasteiger partial charge in [-0.05, 0) is 45.0 Å². The predicted molar refractivity (Wildman–Crippen MR) is 143 cm³/mol. The lowest BCUT2D eigenvalue weighted by Gasteiger charge is -2.21. The van der Waals surface area contributed by atoms with Crippen LogP contribution >= 0.6 is 0 Å². The van der Waals surface area contributed by atoms with Crippen molar-refractivity contribution in [2.24, 2.45) is 0 Å². The molecule has 0 amide bonds. The van der Waals surface area contributed by atoms with Gasteiger partial charge in [-0.2, -0.15) is 0 Å². The third-order valence-electron chi connectivity index (χ3n) is 6.12. The van der Waals surface area contributed by atoms with E-state index in [9.17, 15) is 9.90 Å². The number of aldehydes is 1. The number of carbonyl (C=O) groups excluding carboxylic acids is 1. The van der Waals surface area contributed by atoms with E-state index >= 15 is 0 Å². The largest absolute Gasteiger partial charge is 0.507 e. The van der Waals surface area contributed by atoms with Gasteiger partial charge >= 0.3 is 0 Å². The van der Waals surface area contributed by atoms with Gasteiger partial charge in [0.15, 0.2) is 6.29 Å². The zero-order valence-corrected chi connectivity index (χ0v) is 19.1. The Bertz CT molecular complexity index is 1440. The van der Waals surface area contributed by atoms with Crippen LogP contribution in [0.5, 0.6) is 5.75 Å². The van der Waals surface area contributed by atoms with Crippen molar-refractivity contribution in [1.82, 2.24) is 0 Å². The molecule has 0 aliphatic heterocycles. The molecule has 0 aliphatic carbocycles. The second kappa shape index (κ2) is 10.1. The Morgan fingerprint density at radius 3 is 1.49 bits per heavy atom. The number of para-hydroxylation sites is 1. The number of phenols is 1. The summed E-state index contributed by atoms with van der Waals surface area (Å²) in [7, 11) is 0. The number of hydrogen-bond donors (Lipinski definition) is 1. The molecule has 5 aromatic rings. The molecule has 168 valence electrons. The molecule has 5 aromatic carbocycles. The van der Waals surface area contributed by atoms with Crippen LogP contribution in [0.3, 0.4) is 0 Å². The summed E-state index contributed by atoms with van der Waals surface area (Å²) in [4.78, 5) is 11.6. The lowest BCUT2D eigenvalue weighted by Crippen LogP contribution is -1.99. The first kappa shape index (κ1) is 22.1. The van der Waals surface area contributed by atoms with Crippen molar-refractivity contribution in [3.05, 3.63) is 161 Å². The van der Waals surface area contributed by atoms with Crippen LogP contribution in [0.25, 0.3) is 22.3 Å². The van der Waals surface area contributed by atoms with Gasteiger partial charge in [0, 0.05) is 5.56 Å². The van der Waals surface area contributed by atoms with Gasteiger partial charge in [0.05, 0.1) is 5.56 Å². The molecule has 0 atom stereocenters. The fourth-order valence-electron chi connectivity index (χ4n) is 4.51. The highest BCUT2D eigenvalue weighted by Crippen LogP contribution is 2.42. The minimum atomic E-state index is -0.0108. The van der Waals surface area contributed by atoms with E-state index in [1.807, 2.05) is 78.9 Å². The Labute approximate surface area is 205 Å². The number of hydrogen-bond acceptors (Lipinski definition) is 2. The van der Waals surface area contributed by atoms with Crippen LogP contribution in [0.15, 0.2) is 133 Å². The highest BCUT2D eigenvalue weighted by molar-refractivity contribution is 6.07. The maximum Gasteiger partial charge on any atom is 0.153 e. The molecule has 0 spiro atoms. The summed E-state index contributed by atoms with van der Waals surface area (Å²) in [6.07, 6.45) is 0.689. The van der Waals surface area contributed by atoms with Crippen LogP contribution in [0.4, 0.5) is 0 Å². The molecule has 0 saturated heterocycles. The van der Waals surface area contributed by atoms with Crippen LogP contribution in [0.2, 0.25) is 0 Å². The average molecular weight is 453 g/mol. The molecule has 0 fully saturated rings. The first-order chi connectivity index (χ1) is 17.3.